The molecule has 0 N–H and O–H groups in total. The quantitative estimate of drug-likeness (QED) is 0.535. The largest absolute Gasteiger partial charge is 0.147 e. The Kier molecular flexibility index (Phi) is 2.98. The summed E-state index contributed by atoms with van der Waals surface area (Å²) in [7, 11) is 1.79. The summed E-state index contributed by atoms with van der Waals surface area (Å²) >= 11 is 0. The molecule has 2 aliphatic heterocycles. The van der Waals surface area contributed by atoms with E-state index in [4.69, 9.17) is 0 Å². The van der Waals surface area contributed by atoms with Crippen LogP contribution in [-0.2, 0) is 0 Å². The van der Waals surface area contributed by atoms with E-state index in [1.54, 1.807) is 0 Å². The summed E-state index contributed by atoms with van der Waals surface area (Å²) in [6.45, 7) is 0. The summed E-state index contributed by atoms with van der Waals surface area (Å²) < 4.78 is 0. The molecule has 4 rings (SSSR count). The average Bonchev–Trinajstić information content (AvgIpc) is 3.05. The maximum atomic E-state index is 2.40. The molecule has 96 valence electrons. The molecule has 2 atom stereocenters. The number of hydrogen-bond acceptors (Lipinski definition) is 1. The van der Waals surface area contributed by atoms with Crippen molar-refractivity contribution in [3.8, 4) is 0 Å². The van der Waals surface area contributed by atoms with Gasteiger partial charge < -0.3 is 0 Å². The van der Waals surface area contributed by atoms with Crippen molar-refractivity contribution < 1.29 is 0 Å². The van der Waals surface area contributed by atoms with Crippen molar-refractivity contribution in [3.05, 3.63) is 70.5 Å². The fourth-order valence-corrected chi connectivity index (χ4v) is 12.1. The number of fused-ring (bicyclic) bond motifs is 2. The standard InChI is InChI=1S/C16H14S3/c1-3-7-15-13(5-1)9-11-18(15)17-19-12-10-14-6-2-4-8-16(14)19/h1-12,18-19H. The smallest absolute Gasteiger partial charge is 0.00778 e. The number of rotatable bonds is 2. The summed E-state index contributed by atoms with van der Waals surface area (Å²) in [5.41, 5.74) is 2.82. The fraction of sp³-hybridized carbons (Fsp3) is 0. The maximum absolute atomic E-state index is 2.40. The van der Waals surface area contributed by atoms with E-state index < -0.39 is 0 Å². The highest BCUT2D eigenvalue weighted by atomic mass is 33.5. The van der Waals surface area contributed by atoms with Gasteiger partial charge in [-0.2, -0.15) is 0 Å². The Labute approximate surface area is 122 Å². The van der Waals surface area contributed by atoms with E-state index in [9.17, 15) is 0 Å². The maximum Gasteiger partial charge on any atom is 0.00778 e. The molecule has 0 radical (unpaired) electrons. The predicted octanol–water partition coefficient (Wildman–Crippen LogP) is 5.64. The lowest BCUT2D eigenvalue weighted by atomic mass is 10.2. The monoisotopic (exact) mass is 302 g/mol. The minimum absolute atomic E-state index is 0.183. The van der Waals surface area contributed by atoms with E-state index in [1.807, 2.05) is 0 Å². The highest BCUT2D eigenvalue weighted by molar-refractivity contribution is 9.19. The molecule has 0 aliphatic carbocycles. The molecule has 0 spiro atoms. The van der Waals surface area contributed by atoms with Crippen LogP contribution in [0, 0.1) is 0 Å². The second kappa shape index (κ2) is 4.82. The third kappa shape index (κ3) is 2.06. The van der Waals surface area contributed by atoms with Crippen LogP contribution in [0.2, 0.25) is 0 Å². The predicted molar refractivity (Wildman–Crippen MR) is 93.0 cm³/mol. The Balaban J connectivity index is 1.62. The van der Waals surface area contributed by atoms with Crippen molar-refractivity contribution in [2.45, 2.75) is 9.79 Å². The topological polar surface area (TPSA) is 0 Å². The van der Waals surface area contributed by atoms with Gasteiger partial charge in [-0.15, -0.1) is 19.9 Å². The van der Waals surface area contributed by atoms with Crippen LogP contribution >= 0.6 is 29.7 Å². The van der Waals surface area contributed by atoms with Gasteiger partial charge in [0, 0.05) is 9.79 Å². The third-order valence-electron chi connectivity index (χ3n) is 3.30. The lowest BCUT2D eigenvalue weighted by Crippen LogP contribution is -1.77. The van der Waals surface area contributed by atoms with Crippen molar-refractivity contribution in [1.29, 1.82) is 0 Å². The van der Waals surface area contributed by atoms with Crippen LogP contribution in [0.4, 0.5) is 0 Å². The van der Waals surface area contributed by atoms with Crippen molar-refractivity contribution in [2.24, 2.45) is 0 Å². The van der Waals surface area contributed by atoms with Crippen LogP contribution in [-0.4, -0.2) is 0 Å². The minimum atomic E-state index is -0.183. The fourth-order valence-electron chi connectivity index (χ4n) is 2.35. The van der Waals surface area contributed by atoms with E-state index in [0.29, 0.717) is 0 Å². The first-order valence-corrected chi connectivity index (χ1v) is 11.1. The highest BCUT2D eigenvalue weighted by Gasteiger charge is 2.20. The zero-order valence-electron chi connectivity index (χ0n) is 10.2. The molecule has 0 fully saturated rings. The summed E-state index contributed by atoms with van der Waals surface area (Å²) in [5, 5.41) is 4.81. The van der Waals surface area contributed by atoms with Crippen LogP contribution in [0.15, 0.2) is 69.1 Å². The third-order valence-corrected chi connectivity index (χ3v) is 12.4. The summed E-state index contributed by atoms with van der Waals surface area (Å²) in [6.07, 6.45) is 4.57. The van der Waals surface area contributed by atoms with E-state index in [1.165, 1.54) is 20.9 Å². The van der Waals surface area contributed by atoms with E-state index in [0.717, 1.165) is 0 Å². The van der Waals surface area contributed by atoms with Crippen LogP contribution in [0.5, 0.6) is 0 Å². The molecule has 19 heavy (non-hydrogen) atoms. The van der Waals surface area contributed by atoms with Gasteiger partial charge in [-0.25, -0.2) is 0 Å². The first-order valence-electron chi connectivity index (χ1n) is 6.23. The molecular weight excluding hydrogens is 288 g/mol. The Morgan fingerprint density at radius 3 is 1.63 bits per heavy atom. The van der Waals surface area contributed by atoms with Gasteiger partial charge in [0.05, 0.1) is 0 Å². The van der Waals surface area contributed by atoms with Crippen molar-refractivity contribution >= 4 is 41.8 Å². The number of thiol groups is 2. The molecule has 2 heterocycles. The number of hydrogen-bond donors (Lipinski definition) is 2. The van der Waals surface area contributed by atoms with Crippen molar-refractivity contribution in [3.63, 3.8) is 0 Å². The zero-order valence-corrected chi connectivity index (χ0v) is 12.8. The van der Waals surface area contributed by atoms with Gasteiger partial charge in [0.2, 0.25) is 0 Å². The summed E-state index contributed by atoms with van der Waals surface area (Å²) in [6, 6.07) is 17.6. The lowest BCUT2D eigenvalue weighted by molar-refractivity contribution is 1.44. The van der Waals surface area contributed by atoms with Gasteiger partial charge in [-0.3, -0.25) is 0 Å². The molecule has 0 saturated heterocycles. The molecule has 0 amide bonds. The molecule has 2 aromatic carbocycles. The average molecular weight is 302 g/mol. The second-order valence-corrected chi connectivity index (χ2v) is 11.8. The first-order chi connectivity index (χ1) is 9.42. The molecule has 2 aromatic rings. The molecule has 0 aromatic heterocycles. The summed E-state index contributed by atoms with van der Waals surface area (Å²) in [4.78, 5) is 3.06. The normalized spacial score (nSPS) is 26.3. The van der Waals surface area contributed by atoms with Gasteiger partial charge in [0.1, 0.15) is 0 Å². The van der Waals surface area contributed by atoms with E-state index in [-0.39, 0.29) is 19.9 Å². The van der Waals surface area contributed by atoms with Crippen molar-refractivity contribution in [1.82, 2.24) is 0 Å². The Morgan fingerprint density at radius 1 is 0.632 bits per heavy atom. The Bertz CT molecular complexity index is 628. The summed E-state index contributed by atoms with van der Waals surface area (Å²) in [5.74, 6) is 0. The van der Waals surface area contributed by atoms with Gasteiger partial charge >= 0.3 is 0 Å². The van der Waals surface area contributed by atoms with Gasteiger partial charge in [-0.1, -0.05) is 46.2 Å². The highest BCUT2D eigenvalue weighted by Crippen LogP contribution is 2.69. The van der Waals surface area contributed by atoms with Gasteiger partial charge in [0.15, 0.2) is 0 Å². The molecule has 3 heteroatoms. The Morgan fingerprint density at radius 2 is 1.11 bits per heavy atom. The van der Waals surface area contributed by atoms with Gasteiger partial charge in [-0.05, 0) is 46.2 Å². The van der Waals surface area contributed by atoms with Crippen LogP contribution in [0.3, 0.4) is 0 Å². The van der Waals surface area contributed by atoms with Crippen LogP contribution in [0.25, 0.3) is 12.2 Å². The Hall–Kier alpha value is -1.03. The van der Waals surface area contributed by atoms with Gasteiger partial charge in [0.25, 0.3) is 0 Å². The number of benzene rings is 2. The molecule has 2 unspecified atom stereocenters. The molecule has 2 aliphatic rings. The van der Waals surface area contributed by atoms with Crippen LogP contribution in [0.1, 0.15) is 11.1 Å². The second-order valence-electron chi connectivity index (χ2n) is 4.48. The first kappa shape index (κ1) is 11.8. The molecular formula is C16H14S3. The van der Waals surface area contributed by atoms with Crippen LogP contribution < -0.4 is 0 Å². The van der Waals surface area contributed by atoms with E-state index in [2.05, 4.69) is 81.3 Å². The molecule has 0 bridgehead atoms. The minimum Gasteiger partial charge on any atom is -0.147 e. The zero-order chi connectivity index (χ0) is 12.7. The SMILES string of the molecule is C1=C[SH](S[SH]2C=Cc3ccccc32)c2ccccc21. The molecule has 0 saturated carbocycles. The lowest BCUT2D eigenvalue weighted by Gasteiger charge is -2.21. The van der Waals surface area contributed by atoms with Crippen molar-refractivity contribution in [2.75, 3.05) is 0 Å². The van der Waals surface area contributed by atoms with E-state index >= 15 is 0 Å². The molecule has 0 nitrogen and oxygen atoms in total.